The van der Waals surface area contributed by atoms with E-state index in [9.17, 15) is 18.0 Å². The van der Waals surface area contributed by atoms with Crippen LogP contribution < -0.4 is 19.7 Å². The van der Waals surface area contributed by atoms with Crippen molar-refractivity contribution in [2.75, 3.05) is 30.5 Å². The van der Waals surface area contributed by atoms with Gasteiger partial charge in [-0.2, -0.15) is 5.26 Å². The number of halogens is 4. The van der Waals surface area contributed by atoms with Gasteiger partial charge in [-0.1, -0.05) is 35.0 Å². The van der Waals surface area contributed by atoms with E-state index >= 15 is 0 Å². The molecule has 0 aliphatic carbocycles. The summed E-state index contributed by atoms with van der Waals surface area (Å²) in [6.45, 7) is 2.15. The van der Waals surface area contributed by atoms with Gasteiger partial charge in [0.05, 0.1) is 31.0 Å². The molecule has 41 heavy (non-hydrogen) atoms. The van der Waals surface area contributed by atoms with Crippen molar-refractivity contribution >= 4 is 34.6 Å². The number of hydrogen-bond acceptors (Lipinski definition) is 7. The highest BCUT2D eigenvalue weighted by atomic mass is 35.5. The van der Waals surface area contributed by atoms with E-state index < -0.39 is 18.2 Å². The molecule has 0 spiro atoms. The van der Waals surface area contributed by atoms with E-state index in [1.54, 1.807) is 49.4 Å². The molecule has 0 radical (unpaired) electrons. The number of nitriles is 1. The van der Waals surface area contributed by atoms with Crippen molar-refractivity contribution in [1.29, 1.82) is 5.26 Å². The first-order valence-electron chi connectivity index (χ1n) is 12.5. The Kier molecular flexibility index (Phi) is 9.24. The Bertz CT molecular complexity index is 1470. The molecule has 3 aromatic rings. The van der Waals surface area contributed by atoms with Gasteiger partial charge in [0, 0.05) is 35.0 Å². The van der Waals surface area contributed by atoms with Gasteiger partial charge in [-0.3, -0.25) is 4.79 Å². The smallest absolute Gasteiger partial charge is 0.497 e. The van der Waals surface area contributed by atoms with E-state index in [0.29, 0.717) is 45.4 Å². The predicted octanol–water partition coefficient (Wildman–Crippen LogP) is 6.64. The fourth-order valence-electron chi connectivity index (χ4n) is 4.35. The average molecular weight is 587 g/mol. The van der Waals surface area contributed by atoms with Crippen LogP contribution in [0.1, 0.15) is 36.1 Å². The van der Waals surface area contributed by atoms with Crippen molar-refractivity contribution < 1.29 is 32.3 Å². The molecule has 1 aliphatic rings. The van der Waals surface area contributed by atoms with Crippen molar-refractivity contribution in [1.82, 2.24) is 0 Å². The van der Waals surface area contributed by atoms with Crippen LogP contribution in [0, 0.1) is 11.3 Å². The summed E-state index contributed by atoms with van der Waals surface area (Å²) in [7, 11) is 1.50. The quantitative estimate of drug-likeness (QED) is 0.162. The summed E-state index contributed by atoms with van der Waals surface area (Å²) in [4.78, 5) is 20.7. The zero-order valence-corrected chi connectivity index (χ0v) is 22.9. The molecule has 12 heteroatoms. The number of ether oxygens (including phenoxy) is 2. The maximum Gasteiger partial charge on any atom is 0.573 e. The van der Waals surface area contributed by atoms with E-state index in [1.807, 2.05) is 6.07 Å². The van der Waals surface area contributed by atoms with Gasteiger partial charge in [-0.15, -0.1) is 13.2 Å². The Morgan fingerprint density at radius 2 is 1.90 bits per heavy atom. The van der Waals surface area contributed by atoms with Gasteiger partial charge >= 0.3 is 6.36 Å². The van der Waals surface area contributed by atoms with E-state index in [1.165, 1.54) is 30.2 Å². The van der Waals surface area contributed by atoms with Crippen molar-refractivity contribution in [2.45, 2.75) is 32.2 Å². The van der Waals surface area contributed by atoms with Gasteiger partial charge < -0.3 is 24.5 Å². The molecule has 1 unspecified atom stereocenters. The van der Waals surface area contributed by atoms with Crippen LogP contribution in [-0.4, -0.2) is 38.2 Å². The number of hydrogen-bond donors (Lipinski definition) is 1. The van der Waals surface area contributed by atoms with Gasteiger partial charge in [-0.25, -0.2) is 0 Å². The van der Waals surface area contributed by atoms with Crippen molar-refractivity contribution in [2.24, 2.45) is 5.16 Å². The topological polar surface area (TPSA) is 96.2 Å². The molecule has 4 rings (SSSR count). The molecule has 1 atom stereocenters. The van der Waals surface area contributed by atoms with Crippen molar-refractivity contribution in [3.8, 4) is 17.6 Å². The minimum absolute atomic E-state index is 0.142. The second-order valence-electron chi connectivity index (χ2n) is 9.08. The summed E-state index contributed by atoms with van der Waals surface area (Å²) in [5, 5.41) is 16.5. The molecule has 0 saturated carbocycles. The molecule has 1 amide bonds. The van der Waals surface area contributed by atoms with Gasteiger partial charge in [0.25, 0.3) is 5.91 Å². The number of nitrogens with one attached hydrogen (secondary N) is 1. The molecular formula is C29H26ClF3N4O4. The molecule has 1 heterocycles. The highest BCUT2D eigenvalue weighted by molar-refractivity contribution is 6.30. The molecule has 0 bridgehead atoms. The fraction of sp³-hybridized carbons (Fsp3) is 0.276. The molecule has 0 aromatic heterocycles. The standard InChI is InChI=1S/C29H26ClF3N4O4/c1-18(36-40-13-3-11-34)21-14-23(16-25(15-21)39-2)35-27(20-4-7-22(30)8-5-20)28(38)37-12-10-19-6-9-24(17-26(19)37)41-29(31,32)33/h4-9,14-17,27,35H,3,10,12-13H2,1-2H3. The Labute approximate surface area is 239 Å². The van der Waals surface area contributed by atoms with Gasteiger partial charge in [0.2, 0.25) is 0 Å². The number of amides is 1. The zero-order valence-electron chi connectivity index (χ0n) is 22.2. The number of rotatable bonds is 10. The first kappa shape index (κ1) is 29.6. The number of carbonyl (C=O) groups is 1. The van der Waals surface area contributed by atoms with Gasteiger partial charge in [0.1, 0.15) is 24.1 Å². The van der Waals surface area contributed by atoms with Gasteiger partial charge in [-0.05, 0) is 54.8 Å². The normalized spacial score (nSPS) is 13.7. The van der Waals surface area contributed by atoms with E-state index in [2.05, 4.69) is 15.2 Å². The SMILES string of the molecule is COc1cc(NC(C(=O)N2CCc3ccc(OC(F)(F)F)cc32)c2ccc(Cl)cc2)cc(C(C)=NOCCC#N)c1. The van der Waals surface area contributed by atoms with Crippen LogP contribution in [0.15, 0.2) is 65.8 Å². The third-order valence-electron chi connectivity index (χ3n) is 6.28. The second kappa shape index (κ2) is 12.8. The Balaban J connectivity index is 1.68. The third-order valence-corrected chi connectivity index (χ3v) is 6.53. The minimum Gasteiger partial charge on any atom is -0.497 e. The number of anilines is 2. The lowest BCUT2D eigenvalue weighted by atomic mass is 10.0. The minimum atomic E-state index is -4.86. The largest absolute Gasteiger partial charge is 0.573 e. The average Bonchev–Trinajstić information content (AvgIpc) is 3.36. The number of benzene rings is 3. The van der Waals surface area contributed by atoms with Crippen molar-refractivity contribution in [3.05, 3.63) is 82.4 Å². The summed E-state index contributed by atoms with van der Waals surface area (Å²) in [5.74, 6) is -0.305. The molecule has 0 saturated heterocycles. The lowest BCUT2D eigenvalue weighted by molar-refractivity contribution is -0.274. The molecule has 1 aliphatic heterocycles. The van der Waals surface area contributed by atoms with Crippen LogP contribution >= 0.6 is 11.6 Å². The first-order chi connectivity index (χ1) is 19.6. The van der Waals surface area contributed by atoms with Crippen LogP contribution in [0.25, 0.3) is 0 Å². The molecule has 0 fully saturated rings. The highest BCUT2D eigenvalue weighted by Crippen LogP contribution is 2.36. The number of carbonyl (C=O) groups excluding carboxylic acids is 1. The van der Waals surface area contributed by atoms with E-state index in [0.717, 1.165) is 5.56 Å². The van der Waals surface area contributed by atoms with Crippen LogP contribution in [-0.2, 0) is 16.1 Å². The molecular weight excluding hydrogens is 561 g/mol. The summed E-state index contributed by atoms with van der Waals surface area (Å²) in [5.41, 5.74) is 3.35. The maximum atomic E-state index is 14.0. The van der Waals surface area contributed by atoms with Crippen LogP contribution in [0.3, 0.4) is 0 Å². The zero-order chi connectivity index (χ0) is 29.6. The third kappa shape index (κ3) is 7.61. The highest BCUT2D eigenvalue weighted by Gasteiger charge is 2.34. The predicted molar refractivity (Wildman–Crippen MR) is 148 cm³/mol. The van der Waals surface area contributed by atoms with Crippen LogP contribution in [0.4, 0.5) is 24.5 Å². The van der Waals surface area contributed by atoms with Gasteiger partial charge in [0.15, 0.2) is 0 Å². The lowest BCUT2D eigenvalue weighted by Gasteiger charge is -2.27. The molecule has 8 nitrogen and oxygen atoms in total. The van der Waals surface area contributed by atoms with Crippen LogP contribution in [0.2, 0.25) is 5.02 Å². The summed E-state index contributed by atoms with van der Waals surface area (Å²) >= 11 is 6.10. The summed E-state index contributed by atoms with van der Waals surface area (Å²) in [6.07, 6.45) is -4.19. The lowest BCUT2D eigenvalue weighted by Crippen LogP contribution is -2.37. The van der Waals surface area contributed by atoms with E-state index in [4.69, 9.17) is 26.4 Å². The molecule has 3 aromatic carbocycles. The second-order valence-corrected chi connectivity index (χ2v) is 9.51. The van der Waals surface area contributed by atoms with Crippen LogP contribution in [0.5, 0.6) is 11.5 Å². The Morgan fingerprint density at radius 3 is 2.59 bits per heavy atom. The Hall–Kier alpha value is -4.43. The number of oxime groups is 1. The number of fused-ring (bicyclic) bond motifs is 1. The first-order valence-corrected chi connectivity index (χ1v) is 12.9. The van der Waals surface area contributed by atoms with Crippen molar-refractivity contribution in [3.63, 3.8) is 0 Å². The fourth-order valence-corrected chi connectivity index (χ4v) is 4.47. The maximum absolute atomic E-state index is 14.0. The van der Waals surface area contributed by atoms with E-state index in [-0.39, 0.29) is 25.5 Å². The number of methoxy groups -OCH3 is 1. The number of alkyl halides is 3. The molecule has 214 valence electrons. The molecule has 1 N–H and O–H groups in total. The summed E-state index contributed by atoms with van der Waals surface area (Å²) in [6, 6.07) is 17.0. The number of nitrogens with zero attached hydrogens (tertiary/aromatic N) is 3. The Morgan fingerprint density at radius 1 is 1.15 bits per heavy atom. The summed E-state index contributed by atoms with van der Waals surface area (Å²) < 4.78 is 48.1. The monoisotopic (exact) mass is 586 g/mol.